The fraction of sp³-hybridized carbons (Fsp3) is 0.650. The molecule has 0 radical (unpaired) electrons. The Morgan fingerprint density at radius 1 is 1.21 bits per heavy atom. The van der Waals surface area contributed by atoms with E-state index in [1.807, 2.05) is 31.2 Å². The molecule has 1 N–H and O–H groups in total. The van der Waals surface area contributed by atoms with Gasteiger partial charge in [-0.25, -0.2) is 12.7 Å². The number of benzene rings is 1. The molecule has 0 bridgehead atoms. The lowest BCUT2D eigenvalue weighted by atomic mass is 9.73. The van der Waals surface area contributed by atoms with Gasteiger partial charge in [-0.1, -0.05) is 35.0 Å². The van der Waals surface area contributed by atoms with Gasteiger partial charge in [0.25, 0.3) is 0 Å². The quantitative estimate of drug-likeness (QED) is 0.690. The van der Waals surface area contributed by atoms with Crippen LogP contribution in [0.25, 0.3) is 0 Å². The van der Waals surface area contributed by atoms with Crippen molar-refractivity contribution in [3.8, 4) is 0 Å². The highest BCUT2D eigenvalue weighted by atomic mass is 79.9. The predicted octanol–water partition coefficient (Wildman–Crippen LogP) is 2.82. The number of carbonyl (C=O) groups is 1. The van der Waals surface area contributed by atoms with Gasteiger partial charge in [-0.15, -0.1) is 0 Å². The second-order valence-corrected chi connectivity index (χ2v) is 10.7. The zero-order valence-corrected chi connectivity index (χ0v) is 18.7. The lowest BCUT2D eigenvalue weighted by molar-refractivity contribution is -0.131. The van der Waals surface area contributed by atoms with Crippen molar-refractivity contribution in [1.29, 1.82) is 0 Å². The Morgan fingerprint density at radius 3 is 2.39 bits per heavy atom. The van der Waals surface area contributed by atoms with Crippen molar-refractivity contribution in [2.75, 3.05) is 32.1 Å². The number of nitrogens with zero attached hydrogens (tertiary/aromatic N) is 1. The van der Waals surface area contributed by atoms with Gasteiger partial charge in [0.1, 0.15) is 0 Å². The molecule has 8 heteroatoms. The zero-order valence-electron chi connectivity index (χ0n) is 16.3. The summed E-state index contributed by atoms with van der Waals surface area (Å²) in [5.41, 5.74) is 0.434. The molecule has 2 aliphatic heterocycles. The molecule has 0 aromatic heterocycles. The minimum atomic E-state index is -3.17. The maximum Gasteiger partial charge on any atom is 0.231 e. The summed E-state index contributed by atoms with van der Waals surface area (Å²) in [7, 11) is -3.17. The summed E-state index contributed by atoms with van der Waals surface area (Å²) in [5, 5.41) is 3.22. The molecule has 0 unspecified atom stereocenters. The van der Waals surface area contributed by atoms with Gasteiger partial charge in [0, 0.05) is 36.8 Å². The molecule has 0 saturated carbocycles. The van der Waals surface area contributed by atoms with Crippen LogP contribution >= 0.6 is 15.9 Å². The van der Waals surface area contributed by atoms with Crippen molar-refractivity contribution in [1.82, 2.24) is 9.62 Å². The first-order chi connectivity index (χ1) is 13.4. The van der Waals surface area contributed by atoms with Crippen LogP contribution in [-0.2, 0) is 25.0 Å². The van der Waals surface area contributed by atoms with Crippen LogP contribution in [0.1, 0.15) is 44.6 Å². The van der Waals surface area contributed by atoms with Crippen LogP contribution in [0.15, 0.2) is 28.7 Å². The molecule has 1 aromatic carbocycles. The molecule has 2 heterocycles. The van der Waals surface area contributed by atoms with Crippen LogP contribution in [0.4, 0.5) is 0 Å². The Labute approximate surface area is 176 Å². The largest absolute Gasteiger partial charge is 0.381 e. The Kier molecular flexibility index (Phi) is 7.17. The van der Waals surface area contributed by atoms with E-state index in [-0.39, 0.29) is 17.7 Å². The van der Waals surface area contributed by atoms with E-state index in [4.69, 9.17) is 4.74 Å². The van der Waals surface area contributed by atoms with E-state index in [1.54, 1.807) is 4.31 Å². The highest BCUT2D eigenvalue weighted by Crippen LogP contribution is 2.36. The van der Waals surface area contributed by atoms with Gasteiger partial charge in [0.15, 0.2) is 0 Å². The van der Waals surface area contributed by atoms with E-state index in [2.05, 4.69) is 21.2 Å². The van der Waals surface area contributed by atoms with Crippen LogP contribution in [0, 0.1) is 0 Å². The van der Waals surface area contributed by atoms with Crippen LogP contribution in [0.3, 0.4) is 0 Å². The van der Waals surface area contributed by atoms with E-state index < -0.39 is 15.4 Å². The summed E-state index contributed by atoms with van der Waals surface area (Å²) in [6, 6.07) is 7.97. The first kappa shape index (κ1) is 21.7. The molecular formula is C20H29BrN2O4S. The zero-order chi connectivity index (χ0) is 20.2. The van der Waals surface area contributed by atoms with E-state index in [1.165, 1.54) is 0 Å². The number of sulfonamides is 1. The minimum Gasteiger partial charge on any atom is -0.381 e. The molecule has 2 saturated heterocycles. The van der Waals surface area contributed by atoms with Gasteiger partial charge >= 0.3 is 0 Å². The lowest BCUT2D eigenvalue weighted by Gasteiger charge is -2.39. The highest BCUT2D eigenvalue weighted by Gasteiger charge is 2.42. The second kappa shape index (κ2) is 9.24. The fourth-order valence-electron chi connectivity index (χ4n) is 4.12. The third kappa shape index (κ3) is 4.78. The average molecular weight is 473 g/mol. The van der Waals surface area contributed by atoms with Crippen molar-refractivity contribution in [3.05, 3.63) is 34.3 Å². The first-order valence-corrected chi connectivity index (χ1v) is 12.4. The summed E-state index contributed by atoms with van der Waals surface area (Å²) < 4.78 is 32.6. The van der Waals surface area contributed by atoms with Crippen LogP contribution in [0.5, 0.6) is 0 Å². The smallest absolute Gasteiger partial charge is 0.231 e. The monoisotopic (exact) mass is 472 g/mol. The summed E-state index contributed by atoms with van der Waals surface area (Å²) in [6.45, 7) is 3.96. The van der Waals surface area contributed by atoms with Crippen molar-refractivity contribution in [2.24, 2.45) is 0 Å². The fourth-order valence-corrected chi connectivity index (χ4v) is 5.93. The van der Waals surface area contributed by atoms with E-state index in [0.29, 0.717) is 58.4 Å². The summed E-state index contributed by atoms with van der Waals surface area (Å²) >= 11 is 3.46. The Morgan fingerprint density at radius 2 is 1.82 bits per heavy atom. The second-order valence-electron chi connectivity index (χ2n) is 7.66. The summed E-state index contributed by atoms with van der Waals surface area (Å²) in [4.78, 5) is 13.3. The minimum absolute atomic E-state index is 0.00995. The molecule has 1 aromatic rings. The third-order valence-electron chi connectivity index (χ3n) is 5.82. The molecule has 1 amide bonds. The van der Waals surface area contributed by atoms with E-state index >= 15 is 0 Å². The number of rotatable bonds is 6. The number of amides is 1. The van der Waals surface area contributed by atoms with Gasteiger partial charge in [-0.05, 0) is 49.8 Å². The molecule has 28 heavy (non-hydrogen) atoms. The standard InChI is InChI=1S/C20H29BrN2O4S/c1-2-15-28(25,26)23-11-7-18(8-12-23)22-19(24)20(9-13-27-14-10-20)16-3-5-17(21)6-4-16/h3-6,18H,2,7-15H2,1H3,(H,22,24). The molecular weight excluding hydrogens is 444 g/mol. The van der Waals surface area contributed by atoms with E-state index in [9.17, 15) is 13.2 Å². The van der Waals surface area contributed by atoms with Crippen molar-refractivity contribution < 1.29 is 17.9 Å². The first-order valence-electron chi connectivity index (χ1n) is 10.00. The molecule has 2 aliphatic rings. The number of hydrogen-bond donors (Lipinski definition) is 1. The number of nitrogens with one attached hydrogen (secondary N) is 1. The maximum absolute atomic E-state index is 13.3. The van der Waals surface area contributed by atoms with Crippen LogP contribution < -0.4 is 5.32 Å². The SMILES string of the molecule is CCCS(=O)(=O)N1CCC(NC(=O)C2(c3ccc(Br)cc3)CCOCC2)CC1. The summed E-state index contributed by atoms with van der Waals surface area (Å²) in [6.07, 6.45) is 3.24. The molecule has 3 rings (SSSR count). The Hall–Kier alpha value is -0.960. The highest BCUT2D eigenvalue weighted by molar-refractivity contribution is 9.10. The van der Waals surface area contributed by atoms with Crippen molar-refractivity contribution in [3.63, 3.8) is 0 Å². The summed E-state index contributed by atoms with van der Waals surface area (Å²) in [5.74, 6) is 0.226. The molecule has 156 valence electrons. The molecule has 0 spiro atoms. The predicted molar refractivity (Wildman–Crippen MR) is 113 cm³/mol. The van der Waals surface area contributed by atoms with Gasteiger partial charge in [0.05, 0.1) is 11.2 Å². The maximum atomic E-state index is 13.3. The van der Waals surface area contributed by atoms with Gasteiger partial charge < -0.3 is 10.1 Å². The van der Waals surface area contributed by atoms with Crippen LogP contribution in [0.2, 0.25) is 0 Å². The number of halogens is 1. The van der Waals surface area contributed by atoms with Gasteiger partial charge in [0.2, 0.25) is 15.9 Å². The average Bonchev–Trinajstić information content (AvgIpc) is 2.69. The topological polar surface area (TPSA) is 75.7 Å². The Bertz CT molecular complexity index is 768. The normalized spacial score (nSPS) is 21.4. The lowest BCUT2D eigenvalue weighted by Crippen LogP contribution is -2.53. The van der Waals surface area contributed by atoms with Crippen molar-refractivity contribution >= 4 is 31.9 Å². The van der Waals surface area contributed by atoms with E-state index in [0.717, 1.165) is 10.0 Å². The molecule has 6 nitrogen and oxygen atoms in total. The molecule has 2 fully saturated rings. The Balaban J connectivity index is 1.68. The van der Waals surface area contributed by atoms with Crippen LogP contribution in [-0.4, -0.2) is 56.7 Å². The molecule has 0 aliphatic carbocycles. The number of carbonyl (C=O) groups excluding carboxylic acids is 1. The number of hydrogen-bond acceptors (Lipinski definition) is 4. The van der Waals surface area contributed by atoms with Crippen molar-refractivity contribution in [2.45, 2.75) is 50.5 Å². The number of ether oxygens (including phenoxy) is 1. The molecule has 0 atom stereocenters. The number of piperidine rings is 1. The van der Waals surface area contributed by atoms with Gasteiger partial charge in [-0.3, -0.25) is 4.79 Å². The van der Waals surface area contributed by atoms with Gasteiger partial charge in [-0.2, -0.15) is 0 Å². The third-order valence-corrected chi connectivity index (χ3v) is 8.43.